The number of allylic oxidation sites excluding steroid dienone is 8. The number of carbonyl (C=O) groups is 3. The number of unbranched alkanes of at least 4 members (excludes halogenated alkanes) is 6. The summed E-state index contributed by atoms with van der Waals surface area (Å²) < 4.78 is 62.5. The van der Waals surface area contributed by atoms with E-state index in [4.69, 9.17) is 19.5 Å². The van der Waals surface area contributed by atoms with E-state index in [1.807, 2.05) is 0 Å². The van der Waals surface area contributed by atoms with Gasteiger partial charge in [0.25, 0.3) is 0 Å². The number of aliphatic hydroxyl groups is 2. The Hall–Kier alpha value is -3.48. The first-order valence-electron chi connectivity index (χ1n) is 23.2. The lowest BCUT2D eigenvalue weighted by Crippen LogP contribution is -2.46. The number of phosphoric ester groups is 3. The second-order valence-electron chi connectivity index (χ2n) is 17.0. The molecule has 3 heterocycles. The van der Waals surface area contributed by atoms with Crippen LogP contribution in [0.4, 0.5) is 5.82 Å². The number of nitrogens with zero attached hydrogens (tertiary/aromatic N) is 4. The fraction of sp³-hybridized carbons (Fsp3) is 0.628. The highest BCUT2D eigenvalue weighted by Gasteiger charge is 2.50. The zero-order chi connectivity index (χ0) is 52.5. The van der Waals surface area contributed by atoms with Gasteiger partial charge in [0.15, 0.2) is 22.8 Å². The smallest absolute Gasteiger partial charge is 0.386 e. The van der Waals surface area contributed by atoms with Gasteiger partial charge in [0.05, 0.1) is 19.5 Å². The van der Waals surface area contributed by atoms with E-state index < -0.39 is 84.6 Å². The minimum atomic E-state index is -5.58. The second kappa shape index (κ2) is 31.3. The lowest BCUT2D eigenvalue weighted by molar-refractivity contribution is -0.137. The van der Waals surface area contributed by atoms with Crippen LogP contribution in [0.1, 0.15) is 110 Å². The number of amides is 2. The molecule has 2 unspecified atom stereocenters. The third-order valence-corrected chi connectivity index (χ3v) is 14.5. The number of carbonyl (C=O) groups excluding carboxylic acids is 3. The van der Waals surface area contributed by atoms with Crippen LogP contribution in [-0.2, 0) is 50.7 Å². The van der Waals surface area contributed by atoms with E-state index in [0.29, 0.717) is 12.2 Å². The van der Waals surface area contributed by atoms with E-state index in [2.05, 4.69) is 90.0 Å². The fourth-order valence-corrected chi connectivity index (χ4v) is 10.2. The number of nitrogen functional groups attached to an aromatic ring is 1. The van der Waals surface area contributed by atoms with Crippen LogP contribution in [0.25, 0.3) is 11.2 Å². The fourth-order valence-electron chi connectivity index (χ4n) is 6.64. The van der Waals surface area contributed by atoms with Crippen LogP contribution in [0, 0.1) is 5.41 Å². The number of fused-ring (bicyclic) bond motifs is 1. The summed E-state index contributed by atoms with van der Waals surface area (Å²) in [5.74, 6) is -1.07. The first-order chi connectivity index (χ1) is 33.6. The van der Waals surface area contributed by atoms with Gasteiger partial charge in [-0.3, -0.25) is 32.5 Å². The van der Waals surface area contributed by atoms with Gasteiger partial charge in [-0.15, -0.1) is 0 Å². The number of imidazole rings is 1. The van der Waals surface area contributed by atoms with E-state index in [1.54, 1.807) is 0 Å². The largest absolute Gasteiger partial charge is 0.481 e. The van der Waals surface area contributed by atoms with Gasteiger partial charge in [-0.2, -0.15) is 4.31 Å². The van der Waals surface area contributed by atoms with Crippen molar-refractivity contribution >= 4 is 69.1 Å². The lowest BCUT2D eigenvalue weighted by Gasteiger charge is -2.30. The maximum atomic E-state index is 12.8. The average Bonchev–Trinajstić information content (AvgIpc) is 3.86. The summed E-state index contributed by atoms with van der Waals surface area (Å²) in [6.07, 6.45) is 22.5. The quantitative estimate of drug-likeness (QED) is 0.0231. The van der Waals surface area contributed by atoms with Crippen LogP contribution in [-0.4, -0.2) is 123 Å². The van der Waals surface area contributed by atoms with Gasteiger partial charge >= 0.3 is 23.5 Å². The standard InChI is InChI=1S/C43H70N7O17P3S/c1-4-5-6-7-8-9-10-11-12-13-14-15-16-17-18-19-20-21-22-23-34(52)71-27-26-45-33(51)24-25-46-41(55)38(54)43(2,3)29-64-70(61,62)67-69(59,60)63-28-32-37(66-68(56,57)58)36(53)42(65-32)50-31-49-35-39(44)47-30-48-40(35)50/h8-9,11-12,14-15,17-18,30-32,36-38,42,53-54H,4-7,10,13,16,19-29H2,1-3H3,(H,45,51)(H,46,55)(H,59,60)(H,61,62)(H2,44,47,48)(H2,56,57,58)/b9-8-,12-11-,15-14-,18-17-/t32-,36-,37-,38-,42-/m1/s1. The number of aliphatic hydroxyl groups excluding tert-OH is 2. The summed E-state index contributed by atoms with van der Waals surface area (Å²) in [4.78, 5) is 88.4. The Labute approximate surface area is 417 Å². The molecule has 28 heteroatoms. The molecule has 0 aliphatic carbocycles. The lowest BCUT2D eigenvalue weighted by atomic mass is 9.87. The monoisotopic (exact) mass is 1080 g/mol. The molecule has 1 saturated heterocycles. The van der Waals surface area contributed by atoms with E-state index in [0.717, 1.165) is 80.4 Å². The molecule has 0 bridgehead atoms. The molecule has 0 aromatic carbocycles. The van der Waals surface area contributed by atoms with Crippen molar-refractivity contribution in [3.8, 4) is 0 Å². The third-order valence-electron chi connectivity index (χ3n) is 10.5. The molecule has 3 rings (SSSR count). The normalized spacial score (nSPS) is 20.1. The van der Waals surface area contributed by atoms with Gasteiger partial charge in [0.1, 0.15) is 36.3 Å². The molecule has 0 radical (unpaired) electrons. The van der Waals surface area contributed by atoms with Gasteiger partial charge in [0, 0.05) is 37.1 Å². The van der Waals surface area contributed by atoms with Crippen LogP contribution in [0.5, 0.6) is 0 Å². The Bertz CT molecular complexity index is 2260. The molecule has 2 amide bonds. The maximum Gasteiger partial charge on any atom is 0.481 e. The van der Waals surface area contributed by atoms with E-state index in [-0.39, 0.29) is 41.6 Å². The van der Waals surface area contributed by atoms with Crippen molar-refractivity contribution in [3.63, 3.8) is 0 Å². The first kappa shape index (κ1) is 61.8. The van der Waals surface area contributed by atoms with Crippen LogP contribution >= 0.6 is 35.2 Å². The summed E-state index contributed by atoms with van der Waals surface area (Å²) in [6.45, 7) is 2.74. The molecule has 0 saturated carbocycles. The zero-order valence-electron chi connectivity index (χ0n) is 40.2. The number of nitrogens with two attached hydrogens (primary N) is 1. The number of aromatic nitrogens is 4. The number of thioether (sulfide) groups is 1. The van der Waals surface area contributed by atoms with Crippen LogP contribution in [0.3, 0.4) is 0 Å². The topological polar surface area (TPSA) is 364 Å². The average molecular weight is 1080 g/mol. The molecule has 1 aliphatic heterocycles. The summed E-state index contributed by atoms with van der Waals surface area (Å²) in [6, 6.07) is 0. The molecule has 71 heavy (non-hydrogen) atoms. The first-order valence-corrected chi connectivity index (χ1v) is 28.7. The molecule has 7 atom stereocenters. The molecule has 1 aliphatic rings. The Morgan fingerprint density at radius 1 is 0.859 bits per heavy atom. The maximum absolute atomic E-state index is 12.8. The predicted molar refractivity (Wildman–Crippen MR) is 265 cm³/mol. The van der Waals surface area contributed by atoms with Gasteiger partial charge in [-0.1, -0.05) is 100 Å². The molecule has 10 N–H and O–H groups in total. The number of phosphoric acid groups is 3. The number of hydrogen-bond donors (Lipinski definition) is 9. The van der Waals surface area contributed by atoms with Crippen LogP contribution in [0.2, 0.25) is 0 Å². The predicted octanol–water partition coefficient (Wildman–Crippen LogP) is 5.59. The molecule has 400 valence electrons. The molecular formula is C43H70N7O17P3S. The second-order valence-corrected chi connectivity index (χ2v) is 22.4. The van der Waals surface area contributed by atoms with Crippen LogP contribution in [0.15, 0.2) is 61.3 Å². The van der Waals surface area contributed by atoms with E-state index in [9.17, 15) is 57.9 Å². The summed E-state index contributed by atoms with van der Waals surface area (Å²) in [5.41, 5.74) is 4.28. The molecule has 2 aromatic rings. The Morgan fingerprint density at radius 3 is 2.11 bits per heavy atom. The highest BCUT2D eigenvalue weighted by atomic mass is 32.2. The molecule has 24 nitrogen and oxygen atoms in total. The summed E-state index contributed by atoms with van der Waals surface area (Å²) >= 11 is 1.13. The van der Waals surface area contributed by atoms with E-state index in [1.165, 1.54) is 33.1 Å². The summed E-state index contributed by atoms with van der Waals surface area (Å²) in [5, 5.41) is 26.6. The van der Waals surface area contributed by atoms with Gasteiger partial charge in [-0.25, -0.2) is 28.6 Å². The highest BCUT2D eigenvalue weighted by Crippen LogP contribution is 2.61. The van der Waals surface area contributed by atoms with Crippen molar-refractivity contribution in [2.24, 2.45) is 5.41 Å². The minimum Gasteiger partial charge on any atom is -0.386 e. The number of hydrogen-bond acceptors (Lipinski definition) is 18. The van der Waals surface area contributed by atoms with E-state index >= 15 is 0 Å². The minimum absolute atomic E-state index is 0.0310. The van der Waals surface area contributed by atoms with Crippen molar-refractivity contribution in [1.29, 1.82) is 0 Å². The van der Waals surface area contributed by atoms with Crippen molar-refractivity contribution in [2.75, 3.05) is 37.8 Å². The van der Waals surface area contributed by atoms with Crippen molar-refractivity contribution in [3.05, 3.63) is 61.3 Å². The Kier molecular flexibility index (Phi) is 27.3. The molecule has 1 fully saturated rings. The zero-order valence-corrected chi connectivity index (χ0v) is 43.7. The molecule has 2 aromatic heterocycles. The van der Waals surface area contributed by atoms with Crippen molar-refractivity contribution in [2.45, 2.75) is 135 Å². The number of anilines is 1. The molecule has 0 spiro atoms. The van der Waals surface area contributed by atoms with Gasteiger partial charge in [0.2, 0.25) is 11.8 Å². The van der Waals surface area contributed by atoms with Gasteiger partial charge in [-0.05, 0) is 51.4 Å². The Morgan fingerprint density at radius 2 is 1.48 bits per heavy atom. The molecular weight excluding hydrogens is 1010 g/mol. The van der Waals surface area contributed by atoms with Gasteiger partial charge < -0.3 is 50.9 Å². The highest BCUT2D eigenvalue weighted by molar-refractivity contribution is 8.13. The van der Waals surface area contributed by atoms with Crippen molar-refractivity contribution in [1.82, 2.24) is 30.2 Å². The van der Waals surface area contributed by atoms with Crippen molar-refractivity contribution < 1.29 is 80.5 Å². The number of nitrogens with one attached hydrogen (secondary N) is 2. The Balaban J connectivity index is 1.28. The summed E-state index contributed by atoms with van der Waals surface area (Å²) in [7, 11) is -16.4. The number of ether oxygens (including phenoxy) is 1. The third kappa shape index (κ3) is 24.0. The number of rotatable bonds is 35. The van der Waals surface area contributed by atoms with Crippen LogP contribution < -0.4 is 16.4 Å². The SMILES string of the molecule is CCCCC/C=C\C/C=C\C/C=C\C/C=C\CCCCCC(=O)SCCNC(=O)CCNC(=O)[C@@H](O)C(C)(C)COP(=O)(O)OP(=O)(O)OC[C@H]1O[C@@H](n2cnc3c(N)ncnc32)[C@H](O)[C@@H]1OP(=O)(O)O.